The first-order chi connectivity index (χ1) is 10.7. The molecule has 2 aromatic heterocycles. The van der Waals surface area contributed by atoms with E-state index in [-0.39, 0.29) is 11.9 Å². The van der Waals surface area contributed by atoms with E-state index in [4.69, 9.17) is 0 Å². The molecule has 4 rings (SSSR count). The molecule has 0 bridgehead atoms. The lowest BCUT2D eigenvalue weighted by Gasteiger charge is -2.24. The monoisotopic (exact) mass is 299 g/mol. The normalized spacial score (nSPS) is 21.5. The third-order valence-corrected chi connectivity index (χ3v) is 4.77. The smallest absolute Gasteiger partial charge is 0.255 e. The van der Waals surface area contributed by atoms with Crippen LogP contribution in [0.1, 0.15) is 53.3 Å². The van der Waals surface area contributed by atoms with Crippen LogP contribution in [0.3, 0.4) is 0 Å². The summed E-state index contributed by atoms with van der Waals surface area (Å²) in [6.45, 7) is 3.52. The summed E-state index contributed by atoms with van der Waals surface area (Å²) in [4.78, 5) is 17.8. The molecule has 0 radical (unpaired) electrons. The van der Waals surface area contributed by atoms with E-state index in [1.54, 1.807) is 0 Å². The summed E-state index contributed by atoms with van der Waals surface area (Å²) in [6.07, 6.45) is 8.45. The number of carbonyl (C=O) groups excluding carboxylic acids is 1. The third kappa shape index (κ3) is 2.42. The van der Waals surface area contributed by atoms with Crippen LogP contribution >= 0.6 is 0 Å². The Kier molecular flexibility index (Phi) is 3.24. The number of rotatable bonds is 4. The first kappa shape index (κ1) is 13.5. The number of H-pyrrole nitrogens is 1. The van der Waals surface area contributed by atoms with Crippen molar-refractivity contribution in [2.45, 2.75) is 51.1 Å². The molecule has 1 saturated heterocycles. The van der Waals surface area contributed by atoms with Crippen molar-refractivity contribution in [2.24, 2.45) is 0 Å². The number of carbonyl (C=O) groups is 1. The Hall–Kier alpha value is -2.11. The number of nitrogens with zero attached hydrogens (tertiary/aromatic N) is 4. The fourth-order valence-electron chi connectivity index (χ4n) is 3.32. The van der Waals surface area contributed by atoms with Crippen molar-refractivity contribution < 1.29 is 4.79 Å². The molecule has 1 amide bonds. The number of likely N-dealkylation sites (tertiary alicyclic amines) is 1. The van der Waals surface area contributed by atoms with Gasteiger partial charge in [0.1, 0.15) is 0 Å². The average molecular weight is 299 g/mol. The van der Waals surface area contributed by atoms with Gasteiger partial charge < -0.3 is 9.88 Å². The number of amides is 1. The van der Waals surface area contributed by atoms with E-state index < -0.39 is 0 Å². The van der Waals surface area contributed by atoms with E-state index in [1.807, 2.05) is 28.8 Å². The molecule has 1 saturated carbocycles. The minimum atomic E-state index is 0.129. The highest BCUT2D eigenvalue weighted by atomic mass is 16.2. The molecule has 1 aliphatic carbocycles. The first-order valence-corrected chi connectivity index (χ1v) is 8.07. The van der Waals surface area contributed by atoms with Crippen LogP contribution in [0.25, 0.3) is 0 Å². The highest BCUT2D eigenvalue weighted by molar-refractivity contribution is 5.95. The third-order valence-electron chi connectivity index (χ3n) is 4.77. The van der Waals surface area contributed by atoms with Crippen molar-refractivity contribution in [2.75, 3.05) is 6.54 Å². The number of hydrogen-bond donors (Lipinski definition) is 1. The van der Waals surface area contributed by atoms with E-state index >= 15 is 0 Å². The molecule has 1 N–H and O–H groups in total. The van der Waals surface area contributed by atoms with Gasteiger partial charge in [-0.1, -0.05) is 5.21 Å². The van der Waals surface area contributed by atoms with Gasteiger partial charge in [-0.05, 0) is 38.7 Å². The van der Waals surface area contributed by atoms with Crippen molar-refractivity contribution in [1.82, 2.24) is 24.9 Å². The zero-order chi connectivity index (χ0) is 15.1. The van der Waals surface area contributed by atoms with Crippen LogP contribution in [-0.2, 0) is 6.54 Å². The topological polar surface area (TPSA) is 66.8 Å². The second-order valence-electron chi connectivity index (χ2n) is 6.45. The number of aryl methyl sites for hydroxylation is 1. The minimum absolute atomic E-state index is 0.129. The van der Waals surface area contributed by atoms with Crippen LogP contribution in [0.4, 0.5) is 0 Å². The predicted octanol–water partition coefficient (Wildman–Crippen LogP) is 2.10. The number of aromatic nitrogens is 4. The van der Waals surface area contributed by atoms with Crippen LogP contribution < -0.4 is 0 Å². The Morgan fingerprint density at radius 2 is 2.27 bits per heavy atom. The molecule has 3 heterocycles. The van der Waals surface area contributed by atoms with Crippen LogP contribution in [-0.4, -0.2) is 43.4 Å². The second-order valence-corrected chi connectivity index (χ2v) is 6.45. The molecule has 2 aliphatic rings. The largest absolute Gasteiger partial charge is 0.365 e. The SMILES string of the molecule is Cc1[nH]ccc1C(=O)N1CCC[C@H]1Cn1cc(C2CC2)nn1. The van der Waals surface area contributed by atoms with Crippen LogP contribution in [0.2, 0.25) is 0 Å². The van der Waals surface area contributed by atoms with E-state index in [2.05, 4.69) is 21.5 Å². The molecule has 1 atom stereocenters. The van der Waals surface area contributed by atoms with Gasteiger partial charge in [0.2, 0.25) is 0 Å². The molecule has 6 heteroatoms. The molecular weight excluding hydrogens is 278 g/mol. The summed E-state index contributed by atoms with van der Waals surface area (Å²) >= 11 is 0. The van der Waals surface area contributed by atoms with Crippen LogP contribution in [0.5, 0.6) is 0 Å². The minimum Gasteiger partial charge on any atom is -0.365 e. The highest BCUT2D eigenvalue weighted by Crippen LogP contribution is 2.38. The molecule has 6 nitrogen and oxygen atoms in total. The molecule has 0 unspecified atom stereocenters. The molecule has 2 fully saturated rings. The summed E-state index contributed by atoms with van der Waals surface area (Å²) in [7, 11) is 0. The van der Waals surface area contributed by atoms with Gasteiger partial charge in [0.05, 0.1) is 23.8 Å². The van der Waals surface area contributed by atoms with Crippen molar-refractivity contribution in [1.29, 1.82) is 0 Å². The predicted molar refractivity (Wildman–Crippen MR) is 81.6 cm³/mol. The summed E-state index contributed by atoms with van der Waals surface area (Å²) < 4.78 is 1.91. The summed E-state index contributed by atoms with van der Waals surface area (Å²) in [6, 6.07) is 2.09. The molecule has 116 valence electrons. The second kappa shape index (κ2) is 5.26. The van der Waals surface area contributed by atoms with Crippen LogP contribution in [0, 0.1) is 6.92 Å². The van der Waals surface area contributed by atoms with Gasteiger partial charge >= 0.3 is 0 Å². The lowest BCUT2D eigenvalue weighted by atomic mass is 10.2. The molecular formula is C16H21N5O. The highest BCUT2D eigenvalue weighted by Gasteiger charge is 2.32. The Balaban J connectivity index is 1.48. The van der Waals surface area contributed by atoms with Gasteiger partial charge in [-0.3, -0.25) is 9.48 Å². The number of hydrogen-bond acceptors (Lipinski definition) is 3. The zero-order valence-electron chi connectivity index (χ0n) is 12.8. The van der Waals surface area contributed by atoms with Gasteiger partial charge in [-0.15, -0.1) is 5.10 Å². The zero-order valence-corrected chi connectivity index (χ0v) is 12.8. The molecule has 22 heavy (non-hydrogen) atoms. The fraction of sp³-hybridized carbons (Fsp3) is 0.562. The van der Waals surface area contributed by atoms with Crippen LogP contribution in [0.15, 0.2) is 18.5 Å². The van der Waals surface area contributed by atoms with Gasteiger partial charge in [0.25, 0.3) is 5.91 Å². The van der Waals surface area contributed by atoms with Crippen molar-refractivity contribution in [3.05, 3.63) is 35.4 Å². The van der Waals surface area contributed by atoms with Gasteiger partial charge in [-0.2, -0.15) is 0 Å². The summed E-state index contributed by atoms with van der Waals surface area (Å²) in [5, 5.41) is 8.50. The molecule has 2 aromatic rings. The maximum Gasteiger partial charge on any atom is 0.255 e. The Morgan fingerprint density at radius 3 is 3.00 bits per heavy atom. The quantitative estimate of drug-likeness (QED) is 0.940. The lowest BCUT2D eigenvalue weighted by molar-refractivity contribution is 0.0720. The first-order valence-electron chi connectivity index (χ1n) is 8.07. The van der Waals surface area contributed by atoms with E-state index in [0.717, 1.165) is 42.9 Å². The van der Waals surface area contributed by atoms with E-state index in [9.17, 15) is 4.79 Å². The Labute approximate surface area is 129 Å². The number of nitrogens with one attached hydrogen (secondary N) is 1. The fourth-order valence-corrected chi connectivity index (χ4v) is 3.32. The molecule has 0 spiro atoms. The Bertz CT molecular complexity index is 684. The van der Waals surface area contributed by atoms with Gasteiger partial charge in [0.15, 0.2) is 0 Å². The average Bonchev–Trinajstić information content (AvgIpc) is 2.90. The molecule has 1 aliphatic heterocycles. The lowest BCUT2D eigenvalue weighted by Crippen LogP contribution is -2.38. The maximum atomic E-state index is 12.7. The van der Waals surface area contributed by atoms with Gasteiger partial charge in [0, 0.05) is 30.6 Å². The number of aromatic amines is 1. The maximum absolute atomic E-state index is 12.7. The summed E-state index contributed by atoms with van der Waals surface area (Å²) in [5.41, 5.74) is 2.83. The van der Waals surface area contributed by atoms with E-state index in [1.165, 1.54) is 12.8 Å². The van der Waals surface area contributed by atoms with Crippen molar-refractivity contribution in [3.63, 3.8) is 0 Å². The van der Waals surface area contributed by atoms with Gasteiger partial charge in [-0.25, -0.2) is 0 Å². The Morgan fingerprint density at radius 1 is 1.41 bits per heavy atom. The van der Waals surface area contributed by atoms with Crippen molar-refractivity contribution >= 4 is 5.91 Å². The summed E-state index contributed by atoms with van der Waals surface area (Å²) in [5.74, 6) is 0.751. The standard InChI is InChI=1S/C16H21N5O/c1-11-14(6-7-17-11)16(22)21-8-2-3-13(21)9-20-10-15(18-19-20)12-4-5-12/h6-7,10,12-13,17H,2-5,8-9H2,1H3/t13-/m0/s1. The van der Waals surface area contributed by atoms with Crippen molar-refractivity contribution in [3.8, 4) is 0 Å². The van der Waals surface area contributed by atoms with E-state index in [0.29, 0.717) is 5.92 Å². The molecule has 0 aromatic carbocycles.